The van der Waals surface area contributed by atoms with Crippen LogP contribution in [0.5, 0.6) is 0 Å². The molecule has 1 aromatic rings. The number of benzene rings is 1. The molecule has 1 N–H and O–H groups in total. The van der Waals surface area contributed by atoms with E-state index in [1.54, 1.807) is 17.4 Å². The molecule has 1 radical (unpaired) electrons. The molecule has 2 unspecified atom stereocenters. The van der Waals surface area contributed by atoms with E-state index in [1.807, 2.05) is 21.3 Å². The zero-order chi connectivity index (χ0) is 39.9. The third-order valence-corrected chi connectivity index (χ3v) is 10.7. The molecule has 0 heterocycles. The van der Waals surface area contributed by atoms with Crippen molar-refractivity contribution in [3.8, 4) is 0 Å². The lowest BCUT2D eigenvalue weighted by atomic mass is 9.68. The fraction of sp³-hybridized carbons (Fsp3) is 0.756. The summed E-state index contributed by atoms with van der Waals surface area (Å²) in [5, 5.41) is 3.27. The Morgan fingerprint density at radius 1 is 1.00 bits per heavy atom. The second-order valence-corrected chi connectivity index (χ2v) is 17.4. The maximum atomic E-state index is 13.3. The van der Waals surface area contributed by atoms with E-state index in [9.17, 15) is 4.79 Å². The number of thiol groups is 2. The predicted molar refractivity (Wildman–Crippen MR) is 239 cm³/mol. The Morgan fingerprint density at radius 2 is 1.59 bits per heavy atom. The summed E-state index contributed by atoms with van der Waals surface area (Å²) in [6.07, 6.45) is 21.8. The van der Waals surface area contributed by atoms with Crippen molar-refractivity contribution >= 4 is 44.2 Å². The summed E-state index contributed by atoms with van der Waals surface area (Å²) < 4.78 is 5.78. The molecular weight excluding hydrogens is 661 g/mol. The van der Waals surface area contributed by atoms with Gasteiger partial charge in [0.2, 0.25) is 5.91 Å². The maximum absolute atomic E-state index is 13.3. The highest BCUT2D eigenvalue weighted by Crippen LogP contribution is 2.40. The lowest BCUT2D eigenvalue weighted by molar-refractivity contribution is -0.136. The summed E-state index contributed by atoms with van der Waals surface area (Å²) >= 11 is 8.17. The first kappa shape index (κ1) is 52.0. The second kappa shape index (κ2) is 26.6. The third-order valence-electron chi connectivity index (χ3n) is 10.2. The lowest BCUT2D eigenvalue weighted by Crippen LogP contribution is -2.51. The molecule has 0 fully saturated rings. The Bertz CT molecular complexity index is 1130. The van der Waals surface area contributed by atoms with Crippen LogP contribution < -0.4 is 5.32 Å². The van der Waals surface area contributed by atoms with Gasteiger partial charge < -0.3 is 9.97 Å². The minimum absolute atomic E-state index is 0.200. The molecule has 0 spiro atoms. The van der Waals surface area contributed by atoms with Gasteiger partial charge >= 0.3 is 0 Å². The molecule has 0 saturated carbocycles. The molecule has 1 aliphatic rings. The number of carbonyl (C=O) groups is 1. The minimum atomic E-state index is -0.315. The number of fused-ring (bicyclic) bond motifs is 1. The van der Waals surface area contributed by atoms with Crippen LogP contribution in [0.2, 0.25) is 6.32 Å². The molecule has 0 saturated heterocycles. The van der Waals surface area contributed by atoms with Gasteiger partial charge in [-0.1, -0.05) is 117 Å². The first-order valence-electron chi connectivity index (χ1n) is 20.3. The van der Waals surface area contributed by atoms with Crippen LogP contribution in [0.4, 0.5) is 0 Å². The number of rotatable bonds is 17. The molecule has 0 aromatic heterocycles. The molecule has 295 valence electrons. The molecule has 0 bridgehead atoms. The van der Waals surface area contributed by atoms with Crippen LogP contribution in [0.15, 0.2) is 36.4 Å². The SMILES string of the molecule is C/C=C\C(=C/CC)c1ccc2c(c1)CCCC2C.CC.CCCC(CCC)C(C)(CCCC[B]OC(C)(C)C(C)(C)S)C(=O)NC(C)(C)C.CS. The number of unbranched alkanes of at least 4 members (excludes halogenated alkanes) is 1. The van der Waals surface area contributed by atoms with Crippen molar-refractivity contribution < 1.29 is 9.45 Å². The molecule has 6 heteroatoms. The van der Waals surface area contributed by atoms with Gasteiger partial charge in [-0.2, -0.15) is 25.3 Å². The molecular formula is C45H83BNO2S2. The Labute approximate surface area is 330 Å². The Hall–Kier alpha value is -1.11. The number of carbonyl (C=O) groups excluding carboxylic acids is 1. The van der Waals surface area contributed by atoms with E-state index in [4.69, 9.17) is 4.65 Å². The van der Waals surface area contributed by atoms with E-state index in [1.165, 1.54) is 30.4 Å². The highest BCUT2D eigenvalue weighted by molar-refractivity contribution is 7.81. The fourth-order valence-electron chi connectivity index (χ4n) is 6.51. The van der Waals surface area contributed by atoms with Crippen molar-refractivity contribution in [2.45, 2.75) is 203 Å². The van der Waals surface area contributed by atoms with Gasteiger partial charge in [-0.15, -0.1) is 0 Å². The van der Waals surface area contributed by atoms with Crippen molar-refractivity contribution in [2.75, 3.05) is 6.26 Å². The Balaban J connectivity index is 0. The van der Waals surface area contributed by atoms with Crippen LogP contribution in [-0.4, -0.2) is 35.5 Å². The fourth-order valence-corrected chi connectivity index (χ4v) is 6.57. The van der Waals surface area contributed by atoms with Crippen molar-refractivity contribution in [1.82, 2.24) is 5.32 Å². The summed E-state index contributed by atoms with van der Waals surface area (Å²) in [5.74, 6) is 1.39. The number of aryl methyl sites for hydroxylation is 1. The van der Waals surface area contributed by atoms with E-state index in [0.29, 0.717) is 5.92 Å². The van der Waals surface area contributed by atoms with Gasteiger partial charge in [-0.3, -0.25) is 4.79 Å². The standard InChI is InChI=1S/C24H49BNO2S.C18H24.C2H6.CH4S/c1-11-15-19(16-12-2)24(10,20(27)26-21(3,4)5)17-13-14-18-25-28-22(6,7)23(8,9)29;1-4-7-15(8-5-2)16-11-12-18-14(3)9-6-10-17(18)13-16;2*1-2/h19,29H,11-18H2,1-10H3,(H,26,27);4,7-8,11-14H,5-6,9-10H2,1-3H3;1-2H3;2H,1H3/b;7-4-,15-8+;;. The molecule has 2 atom stereocenters. The summed E-state index contributed by atoms with van der Waals surface area (Å²) in [7, 11) is 1.93. The summed E-state index contributed by atoms with van der Waals surface area (Å²) in [5.41, 5.74) is 5.05. The highest BCUT2D eigenvalue weighted by atomic mass is 32.1. The number of hydrogen-bond acceptors (Lipinski definition) is 4. The number of hydrogen-bond donors (Lipinski definition) is 3. The van der Waals surface area contributed by atoms with Gasteiger partial charge in [0.1, 0.15) is 0 Å². The van der Waals surface area contributed by atoms with Gasteiger partial charge in [0.05, 0.1) is 5.60 Å². The normalized spacial score (nSPS) is 16.1. The maximum Gasteiger partial charge on any atom is 0.293 e. The molecule has 51 heavy (non-hydrogen) atoms. The molecule has 1 aliphatic carbocycles. The summed E-state index contributed by atoms with van der Waals surface area (Å²) in [4.78, 5) is 13.3. The van der Waals surface area contributed by atoms with Gasteiger partial charge in [0, 0.05) is 15.7 Å². The van der Waals surface area contributed by atoms with Crippen LogP contribution in [0.3, 0.4) is 0 Å². The van der Waals surface area contributed by atoms with Gasteiger partial charge in [0.25, 0.3) is 7.48 Å². The molecule has 3 nitrogen and oxygen atoms in total. The quantitative estimate of drug-likeness (QED) is 0.0643. The van der Waals surface area contributed by atoms with E-state index in [0.717, 1.165) is 63.6 Å². The molecule has 2 rings (SSSR count). The molecule has 0 aliphatic heterocycles. The Morgan fingerprint density at radius 3 is 2.08 bits per heavy atom. The zero-order valence-electron chi connectivity index (χ0n) is 36.4. The van der Waals surface area contributed by atoms with Crippen molar-refractivity contribution in [2.24, 2.45) is 11.3 Å². The monoisotopic (exact) mass is 745 g/mol. The summed E-state index contributed by atoms with van der Waals surface area (Å²) in [6, 6.07) is 7.05. The average Bonchev–Trinajstić information content (AvgIpc) is 3.07. The number of amides is 1. The molecule has 1 aromatic carbocycles. The number of allylic oxidation sites excluding steroid dienone is 4. The lowest BCUT2D eigenvalue weighted by Gasteiger charge is -2.39. The first-order valence-corrected chi connectivity index (χ1v) is 21.7. The predicted octanol–water partition coefficient (Wildman–Crippen LogP) is 13.9. The van der Waals surface area contributed by atoms with Crippen molar-refractivity contribution in [3.05, 3.63) is 53.1 Å². The zero-order valence-corrected chi connectivity index (χ0v) is 38.2. The van der Waals surface area contributed by atoms with Crippen LogP contribution in [0, 0.1) is 11.3 Å². The largest absolute Gasteiger partial charge is 0.434 e. The van der Waals surface area contributed by atoms with Crippen LogP contribution >= 0.6 is 25.3 Å². The van der Waals surface area contributed by atoms with Crippen LogP contribution in [0.1, 0.15) is 191 Å². The van der Waals surface area contributed by atoms with Crippen LogP contribution in [0.25, 0.3) is 5.57 Å². The third kappa shape index (κ3) is 19.2. The van der Waals surface area contributed by atoms with E-state index in [-0.39, 0.29) is 27.2 Å². The smallest absolute Gasteiger partial charge is 0.293 e. The van der Waals surface area contributed by atoms with Crippen molar-refractivity contribution in [3.63, 3.8) is 0 Å². The Kier molecular flexibility index (Phi) is 27.2. The summed E-state index contributed by atoms with van der Waals surface area (Å²) in [6.45, 7) is 31.8. The molecule has 1 amide bonds. The van der Waals surface area contributed by atoms with Gasteiger partial charge in [-0.25, -0.2) is 0 Å². The minimum Gasteiger partial charge on any atom is -0.434 e. The number of nitrogens with one attached hydrogen (secondary N) is 1. The van der Waals surface area contributed by atoms with E-state index < -0.39 is 0 Å². The van der Waals surface area contributed by atoms with Gasteiger partial charge in [0.15, 0.2) is 0 Å². The van der Waals surface area contributed by atoms with Crippen LogP contribution in [-0.2, 0) is 15.9 Å². The second-order valence-electron chi connectivity index (χ2n) is 16.3. The highest BCUT2D eigenvalue weighted by Gasteiger charge is 2.41. The van der Waals surface area contributed by atoms with Gasteiger partial charge in [-0.05, 0) is 141 Å². The van der Waals surface area contributed by atoms with Crippen molar-refractivity contribution in [1.29, 1.82) is 0 Å². The first-order chi connectivity index (χ1) is 23.9. The average molecular weight is 745 g/mol. The van der Waals surface area contributed by atoms with E-state index in [2.05, 4.69) is 157 Å². The van der Waals surface area contributed by atoms with E-state index >= 15 is 0 Å². The topological polar surface area (TPSA) is 38.3 Å².